The van der Waals surface area contributed by atoms with E-state index < -0.39 is 0 Å². The first-order chi connectivity index (χ1) is 8.95. The van der Waals surface area contributed by atoms with Crippen LogP contribution < -0.4 is 0 Å². The largest absolute Gasteiger partial charge is 0.395 e. The molecule has 0 atom stereocenters. The molecule has 2 heteroatoms. The molecule has 2 aromatic carbocycles. The maximum Gasteiger partial charge on any atom is 0.0522 e. The van der Waals surface area contributed by atoms with Gasteiger partial charge in [-0.25, -0.2) is 0 Å². The summed E-state index contributed by atoms with van der Waals surface area (Å²) in [5, 5.41) is 10.4. The van der Waals surface area contributed by atoms with Gasteiger partial charge in [0.15, 0.2) is 0 Å². The highest BCUT2D eigenvalue weighted by molar-refractivity contribution is 6.30. The molecule has 0 bridgehead atoms. The maximum absolute atomic E-state index is 9.63. The molecule has 1 nitrogen and oxygen atoms in total. The highest BCUT2D eigenvalue weighted by Gasteiger charge is 2.24. The van der Waals surface area contributed by atoms with Crippen molar-refractivity contribution in [2.75, 3.05) is 6.61 Å². The molecular formula is C17H19ClO. The van der Waals surface area contributed by atoms with Gasteiger partial charge >= 0.3 is 0 Å². The van der Waals surface area contributed by atoms with Crippen LogP contribution in [0.15, 0.2) is 42.5 Å². The number of halogens is 1. The van der Waals surface area contributed by atoms with Crippen LogP contribution >= 0.6 is 11.6 Å². The van der Waals surface area contributed by atoms with E-state index in [2.05, 4.69) is 32.9 Å². The number of hydrogen-bond donors (Lipinski definition) is 1. The quantitative estimate of drug-likeness (QED) is 0.868. The summed E-state index contributed by atoms with van der Waals surface area (Å²) in [5.74, 6) is 0. The van der Waals surface area contributed by atoms with Crippen LogP contribution in [-0.2, 0) is 5.41 Å². The zero-order valence-corrected chi connectivity index (χ0v) is 12.3. The minimum atomic E-state index is -0.263. The average molecular weight is 275 g/mol. The molecule has 0 aliphatic rings. The minimum absolute atomic E-state index is 0.122. The maximum atomic E-state index is 9.63. The summed E-state index contributed by atoms with van der Waals surface area (Å²) in [7, 11) is 0. The molecule has 0 radical (unpaired) electrons. The highest BCUT2D eigenvalue weighted by atomic mass is 35.5. The van der Waals surface area contributed by atoms with Gasteiger partial charge in [0.1, 0.15) is 0 Å². The summed E-state index contributed by atoms with van der Waals surface area (Å²) in [4.78, 5) is 0. The number of rotatable bonds is 3. The molecule has 0 unspecified atom stereocenters. The van der Waals surface area contributed by atoms with E-state index in [0.29, 0.717) is 0 Å². The predicted molar refractivity (Wildman–Crippen MR) is 81.7 cm³/mol. The van der Waals surface area contributed by atoms with Gasteiger partial charge in [-0.1, -0.05) is 55.8 Å². The van der Waals surface area contributed by atoms with Crippen LogP contribution in [0.25, 0.3) is 11.1 Å². The zero-order valence-electron chi connectivity index (χ0n) is 11.6. The third-order valence-electron chi connectivity index (χ3n) is 3.53. The molecule has 0 fully saturated rings. The Bertz CT molecular complexity index is 570. The normalized spacial score (nSPS) is 11.6. The fraction of sp³-hybridized carbons (Fsp3) is 0.294. The second kappa shape index (κ2) is 5.36. The smallest absolute Gasteiger partial charge is 0.0522 e. The standard InChI is InChI=1S/C17H19ClO/c1-12-5-4-6-15(17(2,3)11-19)16(12)13-7-9-14(18)10-8-13/h4-10,19H,11H2,1-3H3. The van der Waals surface area contributed by atoms with Gasteiger partial charge < -0.3 is 5.11 Å². The first-order valence-corrected chi connectivity index (χ1v) is 6.80. The van der Waals surface area contributed by atoms with Gasteiger partial charge in [-0.05, 0) is 41.3 Å². The Balaban J connectivity index is 2.65. The fourth-order valence-corrected chi connectivity index (χ4v) is 2.44. The summed E-state index contributed by atoms with van der Waals surface area (Å²) in [6, 6.07) is 14.1. The SMILES string of the molecule is Cc1cccc(C(C)(C)CO)c1-c1ccc(Cl)cc1. The monoisotopic (exact) mass is 274 g/mol. The molecule has 0 spiro atoms. The van der Waals surface area contributed by atoms with Crippen LogP contribution in [0.1, 0.15) is 25.0 Å². The Labute approximate surface area is 119 Å². The Hall–Kier alpha value is -1.31. The highest BCUT2D eigenvalue weighted by Crippen LogP contribution is 2.35. The van der Waals surface area contributed by atoms with Gasteiger partial charge in [0.05, 0.1) is 6.61 Å². The van der Waals surface area contributed by atoms with E-state index in [1.165, 1.54) is 11.1 Å². The van der Waals surface area contributed by atoms with Crippen molar-refractivity contribution in [2.45, 2.75) is 26.2 Å². The zero-order chi connectivity index (χ0) is 14.0. The van der Waals surface area contributed by atoms with Gasteiger partial charge in [0, 0.05) is 10.4 Å². The first kappa shape index (κ1) is 14.1. The van der Waals surface area contributed by atoms with E-state index in [9.17, 15) is 5.11 Å². The van der Waals surface area contributed by atoms with Crippen LogP contribution in [0.3, 0.4) is 0 Å². The third-order valence-corrected chi connectivity index (χ3v) is 3.78. The summed E-state index contributed by atoms with van der Waals surface area (Å²) < 4.78 is 0. The van der Waals surface area contributed by atoms with Crippen LogP contribution in [0, 0.1) is 6.92 Å². The lowest BCUT2D eigenvalue weighted by Gasteiger charge is -2.26. The van der Waals surface area contributed by atoms with E-state index in [0.717, 1.165) is 16.1 Å². The van der Waals surface area contributed by atoms with Gasteiger partial charge in [-0.2, -0.15) is 0 Å². The lowest BCUT2D eigenvalue weighted by molar-refractivity contribution is 0.219. The van der Waals surface area contributed by atoms with Crippen LogP contribution in [0.2, 0.25) is 5.02 Å². The van der Waals surface area contributed by atoms with Crippen molar-refractivity contribution in [3.8, 4) is 11.1 Å². The molecular weight excluding hydrogens is 256 g/mol. The van der Waals surface area contributed by atoms with E-state index in [1.807, 2.05) is 30.3 Å². The van der Waals surface area contributed by atoms with E-state index >= 15 is 0 Å². The molecule has 0 amide bonds. The molecule has 100 valence electrons. The molecule has 0 aliphatic carbocycles. The van der Waals surface area contributed by atoms with Crippen LogP contribution in [0.5, 0.6) is 0 Å². The van der Waals surface area contributed by atoms with E-state index in [4.69, 9.17) is 11.6 Å². The Morgan fingerprint density at radius 1 is 1.05 bits per heavy atom. The summed E-state index contributed by atoms with van der Waals surface area (Å²) in [6.07, 6.45) is 0. The molecule has 2 rings (SSSR count). The number of aliphatic hydroxyl groups excluding tert-OH is 1. The number of benzene rings is 2. The van der Waals surface area contributed by atoms with Crippen molar-refractivity contribution in [1.29, 1.82) is 0 Å². The number of aliphatic hydroxyl groups is 1. The molecule has 0 aliphatic heterocycles. The summed E-state index contributed by atoms with van der Waals surface area (Å²) in [5.41, 5.74) is 4.44. The lowest BCUT2D eigenvalue weighted by atomic mass is 9.79. The van der Waals surface area contributed by atoms with Gasteiger partial charge in [-0.3, -0.25) is 0 Å². The predicted octanol–water partition coefficient (Wildman–Crippen LogP) is 4.59. The third kappa shape index (κ3) is 2.83. The van der Waals surface area contributed by atoms with Gasteiger partial charge in [-0.15, -0.1) is 0 Å². The molecule has 0 saturated heterocycles. The van der Waals surface area contributed by atoms with Crippen molar-refractivity contribution in [3.63, 3.8) is 0 Å². The minimum Gasteiger partial charge on any atom is -0.395 e. The molecule has 2 aromatic rings. The summed E-state index contributed by atoms with van der Waals surface area (Å²) in [6.45, 7) is 6.33. The van der Waals surface area contributed by atoms with Crippen molar-refractivity contribution in [3.05, 3.63) is 58.6 Å². The lowest BCUT2D eigenvalue weighted by Crippen LogP contribution is -2.23. The topological polar surface area (TPSA) is 20.2 Å². The van der Waals surface area contributed by atoms with E-state index in [1.54, 1.807) is 0 Å². The second-order valence-corrected chi connectivity index (χ2v) is 5.98. The van der Waals surface area contributed by atoms with Crippen molar-refractivity contribution in [2.24, 2.45) is 0 Å². The van der Waals surface area contributed by atoms with Crippen molar-refractivity contribution >= 4 is 11.6 Å². The number of hydrogen-bond acceptors (Lipinski definition) is 1. The van der Waals surface area contributed by atoms with Gasteiger partial charge in [0.25, 0.3) is 0 Å². The molecule has 0 aromatic heterocycles. The van der Waals surface area contributed by atoms with Crippen molar-refractivity contribution < 1.29 is 5.11 Å². The molecule has 0 saturated carbocycles. The van der Waals surface area contributed by atoms with Crippen LogP contribution in [0.4, 0.5) is 0 Å². The summed E-state index contributed by atoms with van der Waals surface area (Å²) >= 11 is 5.96. The Kier molecular flexibility index (Phi) is 3.98. The van der Waals surface area contributed by atoms with Crippen molar-refractivity contribution in [1.82, 2.24) is 0 Å². The molecule has 19 heavy (non-hydrogen) atoms. The average Bonchev–Trinajstić information content (AvgIpc) is 2.40. The number of aryl methyl sites for hydroxylation is 1. The van der Waals surface area contributed by atoms with Crippen LogP contribution in [-0.4, -0.2) is 11.7 Å². The fourth-order valence-electron chi connectivity index (χ4n) is 2.32. The Morgan fingerprint density at radius 2 is 1.68 bits per heavy atom. The molecule has 0 heterocycles. The van der Waals surface area contributed by atoms with E-state index in [-0.39, 0.29) is 12.0 Å². The second-order valence-electron chi connectivity index (χ2n) is 5.55. The first-order valence-electron chi connectivity index (χ1n) is 6.42. The van der Waals surface area contributed by atoms with Gasteiger partial charge in [0.2, 0.25) is 0 Å². The Morgan fingerprint density at radius 3 is 2.26 bits per heavy atom. The molecule has 1 N–H and O–H groups in total.